The van der Waals surface area contributed by atoms with Crippen LogP contribution in [-0.4, -0.2) is 19.5 Å². The molecule has 0 unspecified atom stereocenters. The van der Waals surface area contributed by atoms with Gasteiger partial charge in [-0.3, -0.25) is 4.79 Å². The molecule has 0 bridgehead atoms. The molecule has 58 valence electrons. The molecule has 0 aromatic rings. The van der Waals surface area contributed by atoms with E-state index in [0.717, 1.165) is 25.4 Å². The summed E-state index contributed by atoms with van der Waals surface area (Å²) < 4.78 is 0. The van der Waals surface area contributed by atoms with Gasteiger partial charge in [0.2, 0.25) is 6.41 Å². The fourth-order valence-electron chi connectivity index (χ4n) is 1.45. The maximum absolute atomic E-state index is 9.86. The van der Waals surface area contributed by atoms with Crippen LogP contribution in [0, 0.1) is 11.8 Å². The van der Waals surface area contributed by atoms with E-state index in [1.54, 1.807) is 0 Å². The Morgan fingerprint density at radius 3 is 2.70 bits per heavy atom. The average Bonchev–Trinajstić information content (AvgIpc) is 1.86. The number of hydrogen-bond acceptors (Lipinski definition) is 2. The smallest absolute Gasteiger partial charge is 0.207 e. The summed E-state index contributed by atoms with van der Waals surface area (Å²) in [5, 5.41) is 2.67. The lowest BCUT2D eigenvalue weighted by atomic mass is 9.75. The van der Waals surface area contributed by atoms with Crippen LogP contribution in [0.15, 0.2) is 0 Å². The van der Waals surface area contributed by atoms with Crippen molar-refractivity contribution in [1.29, 1.82) is 0 Å². The van der Waals surface area contributed by atoms with Gasteiger partial charge in [0.05, 0.1) is 0 Å². The van der Waals surface area contributed by atoms with Gasteiger partial charge in [-0.25, -0.2) is 0 Å². The van der Waals surface area contributed by atoms with Gasteiger partial charge in [-0.15, -0.1) is 0 Å². The van der Waals surface area contributed by atoms with Gasteiger partial charge in [-0.05, 0) is 31.2 Å². The minimum atomic E-state index is 0.693. The zero-order valence-electron chi connectivity index (χ0n) is 6.05. The molecule has 0 atom stereocenters. The molecule has 0 saturated heterocycles. The van der Waals surface area contributed by atoms with Gasteiger partial charge in [0.1, 0.15) is 0 Å². The van der Waals surface area contributed by atoms with Crippen LogP contribution in [-0.2, 0) is 4.79 Å². The molecule has 1 aliphatic rings. The van der Waals surface area contributed by atoms with Crippen LogP contribution < -0.4 is 11.1 Å². The summed E-state index contributed by atoms with van der Waals surface area (Å²) in [5.41, 5.74) is 5.43. The molecule has 0 aromatic carbocycles. The second-order valence-corrected chi connectivity index (χ2v) is 2.97. The SMILES string of the molecule is NCC1CC(CNC=O)C1. The predicted octanol–water partition coefficient (Wildman–Crippen LogP) is -0.283. The first-order valence-electron chi connectivity index (χ1n) is 3.74. The number of carbonyl (C=O) groups is 1. The molecule has 1 rings (SSSR count). The standard InChI is InChI=1S/C7H14N2O/c8-3-6-1-7(2-6)4-9-5-10/h5-7H,1-4,8H2,(H,9,10). The van der Waals surface area contributed by atoms with Crippen LogP contribution in [0.1, 0.15) is 12.8 Å². The molecule has 1 amide bonds. The maximum Gasteiger partial charge on any atom is 0.207 e. The molecular weight excluding hydrogens is 128 g/mol. The highest BCUT2D eigenvalue weighted by atomic mass is 16.1. The predicted molar refractivity (Wildman–Crippen MR) is 39.3 cm³/mol. The first-order valence-corrected chi connectivity index (χ1v) is 3.74. The van der Waals surface area contributed by atoms with Gasteiger partial charge in [0.15, 0.2) is 0 Å². The van der Waals surface area contributed by atoms with E-state index in [1.165, 1.54) is 12.8 Å². The molecule has 0 aromatic heterocycles. The Morgan fingerprint density at radius 2 is 2.20 bits per heavy atom. The fourth-order valence-corrected chi connectivity index (χ4v) is 1.45. The van der Waals surface area contributed by atoms with Gasteiger partial charge >= 0.3 is 0 Å². The molecule has 0 spiro atoms. The molecule has 10 heavy (non-hydrogen) atoms. The highest BCUT2D eigenvalue weighted by molar-refractivity contribution is 5.45. The van der Waals surface area contributed by atoms with Gasteiger partial charge in [-0.1, -0.05) is 0 Å². The van der Waals surface area contributed by atoms with E-state index in [0.29, 0.717) is 5.92 Å². The summed E-state index contributed by atoms with van der Waals surface area (Å²) in [4.78, 5) is 9.86. The number of amides is 1. The molecule has 3 nitrogen and oxygen atoms in total. The van der Waals surface area contributed by atoms with Crippen LogP contribution in [0.2, 0.25) is 0 Å². The summed E-state index contributed by atoms with van der Waals surface area (Å²) in [6, 6.07) is 0. The van der Waals surface area contributed by atoms with Crippen molar-refractivity contribution in [3.8, 4) is 0 Å². The molecule has 1 fully saturated rings. The van der Waals surface area contributed by atoms with Gasteiger partial charge in [-0.2, -0.15) is 0 Å². The number of nitrogens with two attached hydrogens (primary N) is 1. The van der Waals surface area contributed by atoms with Crippen LogP contribution >= 0.6 is 0 Å². The largest absolute Gasteiger partial charge is 0.358 e. The Morgan fingerprint density at radius 1 is 1.50 bits per heavy atom. The van der Waals surface area contributed by atoms with Crippen LogP contribution in [0.3, 0.4) is 0 Å². The lowest BCUT2D eigenvalue weighted by molar-refractivity contribution is -0.109. The van der Waals surface area contributed by atoms with Crippen molar-refractivity contribution in [3.63, 3.8) is 0 Å². The van der Waals surface area contributed by atoms with E-state index in [4.69, 9.17) is 5.73 Å². The third kappa shape index (κ3) is 1.70. The second-order valence-electron chi connectivity index (χ2n) is 2.97. The lowest BCUT2D eigenvalue weighted by Crippen LogP contribution is -2.36. The zero-order chi connectivity index (χ0) is 7.40. The van der Waals surface area contributed by atoms with Crippen molar-refractivity contribution in [1.82, 2.24) is 5.32 Å². The lowest BCUT2D eigenvalue weighted by Gasteiger charge is -2.34. The summed E-state index contributed by atoms with van der Waals surface area (Å²) in [6.07, 6.45) is 3.14. The van der Waals surface area contributed by atoms with Crippen LogP contribution in [0.4, 0.5) is 0 Å². The number of hydrogen-bond donors (Lipinski definition) is 2. The first kappa shape index (κ1) is 7.54. The zero-order valence-corrected chi connectivity index (χ0v) is 6.05. The highest BCUT2D eigenvalue weighted by Gasteiger charge is 2.26. The molecule has 0 aliphatic heterocycles. The topological polar surface area (TPSA) is 55.1 Å². The first-order chi connectivity index (χ1) is 4.86. The Hall–Kier alpha value is -0.570. The monoisotopic (exact) mass is 142 g/mol. The van der Waals surface area contributed by atoms with Crippen LogP contribution in [0.25, 0.3) is 0 Å². The van der Waals surface area contributed by atoms with Gasteiger partial charge in [0.25, 0.3) is 0 Å². The van der Waals surface area contributed by atoms with Crippen LogP contribution in [0.5, 0.6) is 0 Å². The van der Waals surface area contributed by atoms with E-state index >= 15 is 0 Å². The van der Waals surface area contributed by atoms with E-state index in [2.05, 4.69) is 5.32 Å². The number of nitrogens with one attached hydrogen (secondary N) is 1. The fraction of sp³-hybridized carbons (Fsp3) is 0.857. The molecule has 0 radical (unpaired) electrons. The molecule has 3 heteroatoms. The van der Waals surface area contributed by atoms with E-state index < -0.39 is 0 Å². The average molecular weight is 142 g/mol. The van der Waals surface area contributed by atoms with Crippen molar-refractivity contribution in [2.45, 2.75) is 12.8 Å². The molecule has 1 saturated carbocycles. The van der Waals surface area contributed by atoms with Crippen molar-refractivity contribution in [2.75, 3.05) is 13.1 Å². The summed E-state index contributed by atoms with van der Waals surface area (Å²) in [6.45, 7) is 1.64. The maximum atomic E-state index is 9.86. The molecule has 3 N–H and O–H groups in total. The third-order valence-corrected chi connectivity index (χ3v) is 2.16. The van der Waals surface area contributed by atoms with Crippen molar-refractivity contribution in [3.05, 3.63) is 0 Å². The van der Waals surface area contributed by atoms with Gasteiger partial charge < -0.3 is 11.1 Å². The molecule has 1 aliphatic carbocycles. The van der Waals surface area contributed by atoms with Gasteiger partial charge in [0, 0.05) is 6.54 Å². The normalized spacial score (nSPS) is 30.9. The summed E-state index contributed by atoms with van der Waals surface area (Å²) in [7, 11) is 0. The van der Waals surface area contributed by atoms with Crippen molar-refractivity contribution >= 4 is 6.41 Å². The Bertz CT molecular complexity index is 110. The molecule has 0 heterocycles. The molecular formula is C7H14N2O. The van der Waals surface area contributed by atoms with Crippen molar-refractivity contribution < 1.29 is 4.79 Å². The van der Waals surface area contributed by atoms with E-state index in [-0.39, 0.29) is 0 Å². The highest BCUT2D eigenvalue weighted by Crippen LogP contribution is 2.31. The quantitative estimate of drug-likeness (QED) is 0.530. The third-order valence-electron chi connectivity index (χ3n) is 2.16. The minimum Gasteiger partial charge on any atom is -0.358 e. The Balaban J connectivity index is 1.97. The summed E-state index contributed by atoms with van der Waals surface area (Å²) in [5.74, 6) is 1.41. The van der Waals surface area contributed by atoms with E-state index in [1.807, 2.05) is 0 Å². The minimum absolute atomic E-state index is 0.693. The summed E-state index contributed by atoms with van der Waals surface area (Å²) >= 11 is 0. The second kappa shape index (κ2) is 3.56. The Labute approximate surface area is 61.0 Å². The number of carbonyl (C=O) groups excluding carboxylic acids is 1. The number of rotatable bonds is 4. The van der Waals surface area contributed by atoms with E-state index in [9.17, 15) is 4.79 Å². The van der Waals surface area contributed by atoms with Crippen molar-refractivity contribution in [2.24, 2.45) is 17.6 Å². The Kier molecular flexibility index (Phi) is 2.68.